The second kappa shape index (κ2) is 5.14. The van der Waals surface area contributed by atoms with E-state index in [1.54, 1.807) is 7.11 Å². The monoisotopic (exact) mass is 250 g/mol. The lowest BCUT2D eigenvalue weighted by molar-refractivity contribution is -0.136. The van der Waals surface area contributed by atoms with Crippen molar-refractivity contribution in [3.05, 3.63) is 0 Å². The number of carboxylic acid groups (broad SMARTS) is 1. The maximum atomic E-state index is 12.0. The summed E-state index contributed by atoms with van der Waals surface area (Å²) in [5, 5.41) is 6.86. The third-order valence-electron chi connectivity index (χ3n) is 3.22. The Morgan fingerprint density at radius 2 is 2.06 bits per heavy atom. The van der Waals surface area contributed by atoms with Crippen LogP contribution in [0.2, 0.25) is 0 Å². The summed E-state index contributed by atoms with van der Waals surface area (Å²) < 4.78 is 29.0. The molecule has 6 heteroatoms. The standard InChI is InChI=1S/C10H18O5S/c1-7(10(11)12)16(13,14)9-5-3-4-8(6-9)15-2/h7-9H,3-6H2,1-2H3,(H,11,12). The minimum Gasteiger partial charge on any atom is -0.480 e. The Kier molecular flexibility index (Phi) is 4.32. The van der Waals surface area contributed by atoms with Crippen LogP contribution in [-0.4, -0.2) is 43.2 Å². The first-order chi connectivity index (χ1) is 7.39. The molecule has 1 saturated carbocycles. The van der Waals surface area contributed by atoms with Crippen molar-refractivity contribution in [3.63, 3.8) is 0 Å². The van der Waals surface area contributed by atoms with Crippen molar-refractivity contribution in [1.82, 2.24) is 0 Å². The first-order valence-corrected chi connectivity index (χ1v) is 6.98. The van der Waals surface area contributed by atoms with Crippen LogP contribution in [0.3, 0.4) is 0 Å². The number of carbonyl (C=O) groups is 1. The van der Waals surface area contributed by atoms with Gasteiger partial charge < -0.3 is 9.84 Å². The van der Waals surface area contributed by atoms with Gasteiger partial charge in [0.2, 0.25) is 0 Å². The average molecular weight is 250 g/mol. The van der Waals surface area contributed by atoms with Gasteiger partial charge in [-0.15, -0.1) is 0 Å². The molecule has 0 heterocycles. The second-order valence-corrected chi connectivity index (χ2v) is 6.77. The molecule has 0 aromatic carbocycles. The summed E-state index contributed by atoms with van der Waals surface area (Å²) in [5.41, 5.74) is 0. The van der Waals surface area contributed by atoms with Gasteiger partial charge in [0, 0.05) is 7.11 Å². The molecular weight excluding hydrogens is 232 g/mol. The Hall–Kier alpha value is -0.620. The van der Waals surface area contributed by atoms with Crippen molar-refractivity contribution < 1.29 is 23.1 Å². The van der Waals surface area contributed by atoms with Crippen molar-refractivity contribution in [2.45, 2.75) is 49.2 Å². The van der Waals surface area contributed by atoms with Gasteiger partial charge in [0.1, 0.15) is 0 Å². The predicted molar refractivity (Wildman–Crippen MR) is 59.1 cm³/mol. The summed E-state index contributed by atoms with van der Waals surface area (Å²) in [5.74, 6) is -1.28. The predicted octanol–water partition coefficient (Wildman–Crippen LogP) is 0.832. The number of sulfone groups is 1. The normalized spacial score (nSPS) is 28.6. The van der Waals surface area contributed by atoms with Gasteiger partial charge in [0.25, 0.3) is 0 Å². The number of rotatable bonds is 4. The molecule has 3 atom stereocenters. The molecule has 3 unspecified atom stereocenters. The molecule has 1 aliphatic carbocycles. The maximum Gasteiger partial charge on any atom is 0.321 e. The van der Waals surface area contributed by atoms with Gasteiger partial charge >= 0.3 is 5.97 Å². The molecule has 0 spiro atoms. The van der Waals surface area contributed by atoms with Gasteiger partial charge in [0.15, 0.2) is 15.1 Å². The fourth-order valence-electron chi connectivity index (χ4n) is 2.04. The van der Waals surface area contributed by atoms with Gasteiger partial charge in [-0.1, -0.05) is 0 Å². The lowest BCUT2D eigenvalue weighted by Crippen LogP contribution is -2.39. The summed E-state index contributed by atoms with van der Waals surface area (Å²) >= 11 is 0. The summed E-state index contributed by atoms with van der Waals surface area (Å²) in [6.45, 7) is 1.23. The fraction of sp³-hybridized carbons (Fsp3) is 0.900. The molecule has 1 fully saturated rings. The Morgan fingerprint density at radius 3 is 2.56 bits per heavy atom. The Labute approximate surface area is 95.7 Å². The van der Waals surface area contributed by atoms with E-state index in [9.17, 15) is 13.2 Å². The summed E-state index contributed by atoms with van der Waals surface area (Å²) in [4.78, 5) is 10.7. The molecule has 1 rings (SSSR count). The van der Waals surface area contributed by atoms with Crippen LogP contribution in [0.4, 0.5) is 0 Å². The van der Waals surface area contributed by atoms with E-state index < -0.39 is 26.3 Å². The summed E-state index contributed by atoms with van der Waals surface area (Å²) in [6.07, 6.45) is 2.52. The van der Waals surface area contributed by atoms with E-state index in [2.05, 4.69) is 0 Å². The van der Waals surface area contributed by atoms with E-state index in [1.807, 2.05) is 0 Å². The highest BCUT2D eigenvalue weighted by molar-refractivity contribution is 7.93. The first kappa shape index (κ1) is 13.4. The number of aliphatic carboxylic acids is 1. The van der Waals surface area contributed by atoms with Gasteiger partial charge in [0.05, 0.1) is 11.4 Å². The molecule has 1 aliphatic rings. The summed E-state index contributed by atoms with van der Waals surface area (Å²) in [7, 11) is -2.03. The third-order valence-corrected chi connectivity index (χ3v) is 5.76. The number of hydrogen-bond donors (Lipinski definition) is 1. The van der Waals surface area contributed by atoms with Crippen LogP contribution in [0, 0.1) is 0 Å². The number of methoxy groups -OCH3 is 1. The molecule has 0 radical (unpaired) electrons. The van der Waals surface area contributed by atoms with Crippen LogP contribution in [-0.2, 0) is 19.4 Å². The minimum absolute atomic E-state index is 0.0606. The van der Waals surface area contributed by atoms with E-state index in [0.29, 0.717) is 12.8 Å². The average Bonchev–Trinajstić information content (AvgIpc) is 2.27. The highest BCUT2D eigenvalue weighted by atomic mass is 32.2. The van der Waals surface area contributed by atoms with Crippen LogP contribution in [0.5, 0.6) is 0 Å². The first-order valence-electron chi connectivity index (χ1n) is 5.38. The van der Waals surface area contributed by atoms with Crippen LogP contribution in [0.1, 0.15) is 32.6 Å². The van der Waals surface area contributed by atoms with Gasteiger partial charge in [-0.3, -0.25) is 4.79 Å². The SMILES string of the molecule is COC1CCCC(S(=O)(=O)C(C)C(=O)O)C1. The van der Waals surface area contributed by atoms with Gasteiger partial charge in [-0.2, -0.15) is 0 Å². The molecule has 0 saturated heterocycles. The van der Waals surface area contributed by atoms with E-state index >= 15 is 0 Å². The van der Waals surface area contributed by atoms with Gasteiger partial charge in [-0.05, 0) is 32.6 Å². The lowest BCUT2D eigenvalue weighted by atomic mass is 9.97. The van der Waals surface area contributed by atoms with E-state index in [1.165, 1.54) is 6.92 Å². The zero-order valence-corrected chi connectivity index (χ0v) is 10.4. The smallest absolute Gasteiger partial charge is 0.321 e. The molecule has 5 nitrogen and oxygen atoms in total. The molecule has 0 aromatic rings. The van der Waals surface area contributed by atoms with Crippen molar-refractivity contribution >= 4 is 15.8 Å². The lowest BCUT2D eigenvalue weighted by Gasteiger charge is -2.28. The van der Waals surface area contributed by atoms with Crippen molar-refractivity contribution in [2.24, 2.45) is 0 Å². The number of hydrogen-bond acceptors (Lipinski definition) is 4. The topological polar surface area (TPSA) is 80.7 Å². The maximum absolute atomic E-state index is 12.0. The molecule has 16 heavy (non-hydrogen) atoms. The number of ether oxygens (including phenoxy) is 1. The van der Waals surface area contributed by atoms with Crippen LogP contribution in [0.25, 0.3) is 0 Å². The van der Waals surface area contributed by atoms with Crippen LogP contribution >= 0.6 is 0 Å². The highest BCUT2D eigenvalue weighted by Gasteiger charge is 2.38. The van der Waals surface area contributed by atoms with E-state index in [4.69, 9.17) is 9.84 Å². The molecule has 0 aliphatic heterocycles. The van der Waals surface area contributed by atoms with Crippen LogP contribution < -0.4 is 0 Å². The molecule has 1 N–H and O–H groups in total. The minimum atomic E-state index is -3.58. The largest absolute Gasteiger partial charge is 0.480 e. The van der Waals surface area contributed by atoms with Crippen LogP contribution in [0.15, 0.2) is 0 Å². The Balaban J connectivity index is 2.79. The zero-order chi connectivity index (χ0) is 12.3. The fourth-order valence-corrected chi connectivity index (χ4v) is 3.88. The molecular formula is C10H18O5S. The quantitative estimate of drug-likeness (QED) is 0.799. The molecule has 0 amide bonds. The third kappa shape index (κ3) is 2.74. The highest BCUT2D eigenvalue weighted by Crippen LogP contribution is 2.28. The zero-order valence-electron chi connectivity index (χ0n) is 9.55. The molecule has 94 valence electrons. The Bertz CT molecular complexity index is 348. The molecule has 0 bridgehead atoms. The van der Waals surface area contributed by atoms with Gasteiger partial charge in [-0.25, -0.2) is 8.42 Å². The summed E-state index contributed by atoms with van der Waals surface area (Å²) in [6, 6.07) is 0. The van der Waals surface area contributed by atoms with Crippen molar-refractivity contribution in [2.75, 3.05) is 7.11 Å². The number of carboxylic acids is 1. The molecule has 0 aromatic heterocycles. The second-order valence-electron chi connectivity index (χ2n) is 4.22. The van der Waals surface area contributed by atoms with Crippen molar-refractivity contribution in [1.29, 1.82) is 0 Å². The Morgan fingerprint density at radius 1 is 1.44 bits per heavy atom. The van der Waals surface area contributed by atoms with Crippen molar-refractivity contribution in [3.8, 4) is 0 Å². The van der Waals surface area contributed by atoms with E-state index in [-0.39, 0.29) is 6.10 Å². The van der Waals surface area contributed by atoms with E-state index in [0.717, 1.165) is 12.8 Å².